The molecule has 2 aliphatic rings. The molecule has 0 aromatic heterocycles. The second-order valence-corrected chi connectivity index (χ2v) is 6.50. The predicted octanol–water partition coefficient (Wildman–Crippen LogP) is 2.94. The zero-order chi connectivity index (χ0) is 19.0. The van der Waals surface area contributed by atoms with Crippen LogP contribution in [-0.4, -0.2) is 58.4 Å². The molecule has 2 aliphatic heterocycles. The molecule has 2 unspecified atom stereocenters. The number of ether oxygens (including phenoxy) is 6. The van der Waals surface area contributed by atoms with E-state index in [2.05, 4.69) is 4.99 Å². The van der Waals surface area contributed by atoms with Gasteiger partial charge in [0.05, 0.1) is 32.1 Å². The Balaban J connectivity index is 1.18. The van der Waals surface area contributed by atoms with Crippen LogP contribution >= 0.6 is 0 Å². The fourth-order valence-corrected chi connectivity index (χ4v) is 2.33. The molecule has 2 saturated heterocycles. The summed E-state index contributed by atoms with van der Waals surface area (Å²) in [6, 6.07) is 15.2. The maximum Gasteiger partial charge on any atom is 0.189 e. The van der Waals surface area contributed by atoms with Crippen molar-refractivity contribution in [3.8, 4) is 11.5 Å². The van der Waals surface area contributed by atoms with E-state index in [0.29, 0.717) is 13.2 Å². The molecule has 0 radical (unpaired) electrons. The van der Waals surface area contributed by atoms with Gasteiger partial charge in [0, 0.05) is 6.21 Å². The zero-order valence-corrected chi connectivity index (χ0v) is 15.5. The predicted molar refractivity (Wildman–Crippen MR) is 103 cm³/mol. The van der Waals surface area contributed by atoms with Crippen molar-refractivity contribution in [3.05, 3.63) is 54.1 Å². The molecular weight excluding hydrogens is 362 g/mol. The van der Waals surface area contributed by atoms with Crippen LogP contribution in [0.2, 0.25) is 0 Å². The number of hydrogen-bond donors (Lipinski definition) is 0. The lowest BCUT2D eigenvalue weighted by atomic mass is 10.2. The molecule has 0 aliphatic carbocycles. The number of nitrogens with zero attached hydrogens (tertiary/aromatic N) is 1. The number of epoxide rings is 2. The highest BCUT2D eigenvalue weighted by Gasteiger charge is 2.22. The fourth-order valence-electron chi connectivity index (χ4n) is 2.33. The lowest BCUT2D eigenvalue weighted by molar-refractivity contribution is 0.00810. The van der Waals surface area contributed by atoms with Crippen LogP contribution in [0.25, 0.3) is 0 Å². The second kappa shape index (κ2) is 9.66. The molecule has 0 bridgehead atoms. The maximum atomic E-state index is 5.52. The van der Waals surface area contributed by atoms with Gasteiger partial charge < -0.3 is 28.4 Å². The number of rotatable bonds is 12. The molecule has 7 heteroatoms. The molecule has 4 rings (SSSR count). The second-order valence-electron chi connectivity index (χ2n) is 6.50. The first-order valence-corrected chi connectivity index (χ1v) is 9.24. The normalized spacial score (nSPS) is 20.3. The summed E-state index contributed by atoms with van der Waals surface area (Å²) in [5.74, 6) is 1.50. The quantitative estimate of drug-likeness (QED) is 0.242. The molecule has 0 saturated carbocycles. The summed E-state index contributed by atoms with van der Waals surface area (Å²) < 4.78 is 31.9. The average Bonchev–Trinajstić information content (AvgIpc) is 3.64. The summed E-state index contributed by atoms with van der Waals surface area (Å²) in [5, 5.41) is 0. The Bertz CT molecular complexity index is 688. The molecule has 28 heavy (non-hydrogen) atoms. The van der Waals surface area contributed by atoms with E-state index in [1.165, 1.54) is 0 Å². The number of hydrogen-bond acceptors (Lipinski definition) is 7. The van der Waals surface area contributed by atoms with E-state index in [1.54, 1.807) is 6.21 Å². The van der Waals surface area contributed by atoms with Crippen LogP contribution < -0.4 is 9.47 Å². The van der Waals surface area contributed by atoms with Crippen LogP contribution in [-0.2, 0) is 18.9 Å². The van der Waals surface area contributed by atoms with Gasteiger partial charge in [0.2, 0.25) is 0 Å². The van der Waals surface area contributed by atoms with Gasteiger partial charge in [0.25, 0.3) is 0 Å². The standard InChI is InChI=1S/C21H23NO6/c1-5-18(27-14-23-10-20-12-25-20)6-2-16(1)9-22-17-3-7-19(8-4-17)28-15-24-11-21-13-26-21/h1-9,20-21H,10-15H2. The molecule has 2 aromatic rings. The Kier molecular flexibility index (Phi) is 6.52. The van der Waals surface area contributed by atoms with Crippen molar-refractivity contribution in [2.75, 3.05) is 40.0 Å². The molecule has 148 valence electrons. The molecular formula is C21H23NO6. The molecule has 2 aromatic carbocycles. The smallest absolute Gasteiger partial charge is 0.189 e. The third-order valence-corrected chi connectivity index (χ3v) is 4.11. The minimum Gasteiger partial charge on any atom is -0.468 e. The first-order chi connectivity index (χ1) is 13.8. The van der Waals surface area contributed by atoms with Gasteiger partial charge in [-0.15, -0.1) is 0 Å². The molecule has 2 heterocycles. The van der Waals surface area contributed by atoms with E-state index < -0.39 is 0 Å². The maximum absolute atomic E-state index is 5.52. The molecule has 7 nitrogen and oxygen atoms in total. The van der Waals surface area contributed by atoms with Crippen molar-refractivity contribution in [1.29, 1.82) is 0 Å². The van der Waals surface area contributed by atoms with Crippen molar-refractivity contribution >= 4 is 11.9 Å². The van der Waals surface area contributed by atoms with Crippen molar-refractivity contribution in [2.45, 2.75) is 12.2 Å². The topological polar surface area (TPSA) is 74.3 Å². The molecule has 0 amide bonds. The van der Waals surface area contributed by atoms with E-state index >= 15 is 0 Å². The molecule has 0 spiro atoms. The Hall–Kier alpha value is -2.45. The van der Waals surface area contributed by atoms with Crippen molar-refractivity contribution in [1.82, 2.24) is 0 Å². The van der Waals surface area contributed by atoms with E-state index in [9.17, 15) is 0 Å². The van der Waals surface area contributed by atoms with E-state index in [4.69, 9.17) is 28.4 Å². The summed E-state index contributed by atoms with van der Waals surface area (Å²) >= 11 is 0. The number of benzene rings is 2. The first kappa shape index (κ1) is 18.9. The molecule has 2 atom stereocenters. The Morgan fingerprint density at radius 2 is 1.29 bits per heavy atom. The van der Waals surface area contributed by atoms with Crippen LogP contribution in [0.4, 0.5) is 5.69 Å². The van der Waals surface area contributed by atoms with Crippen LogP contribution in [0.1, 0.15) is 5.56 Å². The lowest BCUT2D eigenvalue weighted by Gasteiger charge is -2.06. The Labute approximate surface area is 163 Å². The van der Waals surface area contributed by atoms with Gasteiger partial charge in [0.15, 0.2) is 13.6 Å². The highest BCUT2D eigenvalue weighted by molar-refractivity contribution is 5.82. The Morgan fingerprint density at radius 1 is 0.786 bits per heavy atom. The minimum absolute atomic E-state index is 0.219. The van der Waals surface area contributed by atoms with Crippen molar-refractivity contribution < 1.29 is 28.4 Å². The summed E-state index contributed by atoms with van der Waals surface area (Å²) in [7, 11) is 0. The SMILES string of the molecule is C(=Nc1ccc(OCOCC2CO2)cc1)c1ccc(OCOCC2CO2)cc1. The van der Waals surface area contributed by atoms with Gasteiger partial charge in [-0.1, -0.05) is 0 Å². The monoisotopic (exact) mass is 385 g/mol. The highest BCUT2D eigenvalue weighted by atomic mass is 16.7. The van der Waals surface area contributed by atoms with Gasteiger partial charge >= 0.3 is 0 Å². The zero-order valence-electron chi connectivity index (χ0n) is 15.5. The first-order valence-electron chi connectivity index (χ1n) is 9.24. The fraction of sp³-hybridized carbons (Fsp3) is 0.381. The highest BCUT2D eigenvalue weighted by Crippen LogP contribution is 2.19. The van der Waals surface area contributed by atoms with Crippen LogP contribution in [0.5, 0.6) is 11.5 Å². The average molecular weight is 385 g/mol. The number of aliphatic imine (C=N–C) groups is 1. The van der Waals surface area contributed by atoms with Crippen molar-refractivity contribution in [2.24, 2.45) is 4.99 Å². The minimum atomic E-state index is 0.219. The van der Waals surface area contributed by atoms with Crippen LogP contribution in [0.15, 0.2) is 53.5 Å². The summed E-state index contributed by atoms with van der Waals surface area (Å²) in [5.41, 5.74) is 1.83. The lowest BCUT2D eigenvalue weighted by Crippen LogP contribution is -2.07. The van der Waals surface area contributed by atoms with Crippen LogP contribution in [0.3, 0.4) is 0 Å². The summed E-state index contributed by atoms with van der Waals surface area (Å²) in [4.78, 5) is 4.47. The summed E-state index contributed by atoms with van der Waals surface area (Å²) in [6.45, 7) is 3.17. The summed E-state index contributed by atoms with van der Waals surface area (Å²) in [6.07, 6.45) is 2.30. The third kappa shape index (κ3) is 6.61. The van der Waals surface area contributed by atoms with Crippen LogP contribution in [0, 0.1) is 0 Å². The van der Waals surface area contributed by atoms with Gasteiger partial charge in [-0.05, 0) is 54.1 Å². The third-order valence-electron chi connectivity index (χ3n) is 4.11. The van der Waals surface area contributed by atoms with E-state index in [1.807, 2.05) is 48.5 Å². The molecule has 0 N–H and O–H groups in total. The van der Waals surface area contributed by atoms with Gasteiger partial charge in [0.1, 0.15) is 23.7 Å². The van der Waals surface area contributed by atoms with E-state index in [-0.39, 0.29) is 25.8 Å². The van der Waals surface area contributed by atoms with Gasteiger partial charge in [-0.25, -0.2) is 0 Å². The molecule has 2 fully saturated rings. The van der Waals surface area contributed by atoms with Gasteiger partial charge in [-0.3, -0.25) is 4.99 Å². The largest absolute Gasteiger partial charge is 0.468 e. The van der Waals surface area contributed by atoms with E-state index in [0.717, 1.165) is 36.0 Å². The van der Waals surface area contributed by atoms with Gasteiger partial charge in [-0.2, -0.15) is 0 Å². The Morgan fingerprint density at radius 3 is 1.79 bits per heavy atom. The van der Waals surface area contributed by atoms with Crippen molar-refractivity contribution in [3.63, 3.8) is 0 Å².